The fourth-order valence-corrected chi connectivity index (χ4v) is 5.87. The van der Waals surface area contributed by atoms with Crippen molar-refractivity contribution in [2.75, 3.05) is 13.1 Å². The van der Waals surface area contributed by atoms with Gasteiger partial charge in [-0.15, -0.1) is 11.8 Å². The molecule has 144 valence electrons. The summed E-state index contributed by atoms with van der Waals surface area (Å²) < 4.78 is 6.57. The molecule has 5 rings (SSSR count). The SMILES string of the molecule is O=C1c2ccccc2OC2(CCNCC2)C1CCC1=CSC=C2C=CC=CC21. The Morgan fingerprint density at radius 1 is 1.14 bits per heavy atom. The van der Waals surface area contributed by atoms with E-state index >= 15 is 0 Å². The first-order valence-corrected chi connectivity index (χ1v) is 11.1. The third-order valence-corrected chi connectivity index (χ3v) is 7.32. The molecule has 2 unspecified atom stereocenters. The summed E-state index contributed by atoms with van der Waals surface area (Å²) in [5.41, 5.74) is 3.17. The predicted molar refractivity (Wildman–Crippen MR) is 114 cm³/mol. The summed E-state index contributed by atoms with van der Waals surface area (Å²) in [4.78, 5) is 13.5. The van der Waals surface area contributed by atoms with Gasteiger partial charge in [-0.2, -0.15) is 0 Å². The first kappa shape index (κ1) is 18.0. The van der Waals surface area contributed by atoms with Gasteiger partial charge in [0.25, 0.3) is 0 Å². The van der Waals surface area contributed by atoms with E-state index in [1.54, 1.807) is 11.8 Å². The predicted octanol–water partition coefficient (Wildman–Crippen LogP) is 5.04. The maximum Gasteiger partial charge on any atom is 0.173 e. The first-order chi connectivity index (χ1) is 13.8. The molecule has 0 saturated carbocycles. The van der Waals surface area contributed by atoms with Gasteiger partial charge in [-0.3, -0.25) is 4.79 Å². The molecule has 0 amide bonds. The molecule has 1 N–H and O–H groups in total. The topological polar surface area (TPSA) is 38.3 Å². The molecule has 3 heterocycles. The molecular weight excluding hydrogens is 366 g/mol. The molecule has 0 aromatic heterocycles. The molecule has 3 nitrogen and oxygen atoms in total. The minimum Gasteiger partial charge on any atom is -0.486 e. The average molecular weight is 392 g/mol. The number of Topliss-reactive ketones (excluding diaryl/α,β-unsaturated/α-hetero) is 1. The van der Waals surface area contributed by atoms with Gasteiger partial charge in [0.15, 0.2) is 5.78 Å². The lowest BCUT2D eigenvalue weighted by Gasteiger charge is -2.46. The zero-order valence-electron chi connectivity index (χ0n) is 15.9. The van der Waals surface area contributed by atoms with E-state index < -0.39 is 0 Å². The van der Waals surface area contributed by atoms with Gasteiger partial charge in [-0.1, -0.05) is 42.0 Å². The van der Waals surface area contributed by atoms with Gasteiger partial charge >= 0.3 is 0 Å². The summed E-state index contributed by atoms with van der Waals surface area (Å²) in [6.45, 7) is 1.82. The second-order valence-corrected chi connectivity index (χ2v) is 8.78. The van der Waals surface area contributed by atoms with Crippen LogP contribution in [0.1, 0.15) is 36.0 Å². The van der Waals surface area contributed by atoms with Gasteiger partial charge in [0.2, 0.25) is 0 Å². The van der Waals surface area contributed by atoms with E-state index in [1.165, 1.54) is 11.1 Å². The number of allylic oxidation sites excluding steroid dienone is 6. The van der Waals surface area contributed by atoms with Crippen LogP contribution in [0.3, 0.4) is 0 Å². The van der Waals surface area contributed by atoms with Crippen LogP contribution in [-0.4, -0.2) is 24.5 Å². The first-order valence-electron chi connectivity index (χ1n) is 10.2. The highest BCUT2D eigenvalue weighted by Crippen LogP contribution is 2.45. The number of hydrogen-bond acceptors (Lipinski definition) is 4. The number of benzene rings is 1. The van der Waals surface area contributed by atoms with Crippen LogP contribution < -0.4 is 10.1 Å². The number of para-hydroxylation sites is 1. The third kappa shape index (κ3) is 3.09. The summed E-state index contributed by atoms with van der Waals surface area (Å²) in [7, 11) is 0. The summed E-state index contributed by atoms with van der Waals surface area (Å²) in [5, 5.41) is 7.93. The Kier molecular flexibility index (Phi) is 4.77. The lowest BCUT2D eigenvalue weighted by atomic mass is 9.71. The maximum absolute atomic E-state index is 13.5. The Labute approximate surface area is 170 Å². The number of ketones is 1. The van der Waals surface area contributed by atoms with Crippen LogP contribution in [0.15, 0.2) is 70.5 Å². The van der Waals surface area contributed by atoms with Crippen LogP contribution in [0.4, 0.5) is 0 Å². The van der Waals surface area contributed by atoms with Crippen LogP contribution in [0, 0.1) is 11.8 Å². The zero-order valence-corrected chi connectivity index (χ0v) is 16.7. The Balaban J connectivity index is 1.41. The number of thioether (sulfide) groups is 1. The van der Waals surface area contributed by atoms with Gasteiger partial charge in [0.1, 0.15) is 11.4 Å². The van der Waals surface area contributed by atoms with Gasteiger partial charge in [0, 0.05) is 18.8 Å². The molecule has 28 heavy (non-hydrogen) atoms. The van der Waals surface area contributed by atoms with Gasteiger partial charge in [-0.05, 0) is 54.5 Å². The number of piperidine rings is 1. The van der Waals surface area contributed by atoms with Crippen molar-refractivity contribution >= 4 is 17.5 Å². The van der Waals surface area contributed by atoms with E-state index in [1.807, 2.05) is 24.3 Å². The van der Waals surface area contributed by atoms with E-state index in [2.05, 4.69) is 40.4 Å². The lowest BCUT2D eigenvalue weighted by Crippen LogP contribution is -2.56. The van der Waals surface area contributed by atoms with E-state index in [0.29, 0.717) is 5.92 Å². The van der Waals surface area contributed by atoms with Crippen molar-refractivity contribution in [2.24, 2.45) is 11.8 Å². The highest BCUT2D eigenvalue weighted by Gasteiger charge is 2.49. The smallest absolute Gasteiger partial charge is 0.173 e. The molecule has 1 aromatic carbocycles. The van der Waals surface area contributed by atoms with Gasteiger partial charge < -0.3 is 10.1 Å². The van der Waals surface area contributed by atoms with Crippen molar-refractivity contribution in [3.05, 3.63) is 76.1 Å². The Morgan fingerprint density at radius 2 is 2.00 bits per heavy atom. The summed E-state index contributed by atoms with van der Waals surface area (Å²) >= 11 is 1.76. The molecule has 1 spiro atoms. The Hall–Kier alpha value is -2.04. The molecule has 1 fully saturated rings. The quantitative estimate of drug-likeness (QED) is 0.784. The Morgan fingerprint density at radius 3 is 2.89 bits per heavy atom. The van der Waals surface area contributed by atoms with Crippen molar-refractivity contribution < 1.29 is 9.53 Å². The normalized spacial score (nSPS) is 27.5. The molecule has 4 aliphatic rings. The van der Waals surface area contributed by atoms with Crippen LogP contribution in [-0.2, 0) is 0 Å². The number of fused-ring (bicyclic) bond motifs is 2. The van der Waals surface area contributed by atoms with Crippen molar-refractivity contribution in [1.29, 1.82) is 0 Å². The third-order valence-electron chi connectivity index (χ3n) is 6.47. The molecule has 0 radical (unpaired) electrons. The number of nitrogens with one attached hydrogen (secondary N) is 1. The van der Waals surface area contributed by atoms with Gasteiger partial charge in [0.05, 0.1) is 11.5 Å². The Bertz CT molecular complexity index is 905. The largest absolute Gasteiger partial charge is 0.486 e. The summed E-state index contributed by atoms with van der Waals surface area (Å²) in [5.74, 6) is 1.32. The monoisotopic (exact) mass is 391 g/mol. The second kappa shape index (κ2) is 7.41. The van der Waals surface area contributed by atoms with Crippen LogP contribution in [0.25, 0.3) is 0 Å². The minimum absolute atomic E-state index is 0.0760. The molecule has 2 atom stereocenters. The molecule has 1 aliphatic carbocycles. The van der Waals surface area contributed by atoms with Crippen LogP contribution in [0.5, 0.6) is 5.75 Å². The highest BCUT2D eigenvalue weighted by atomic mass is 32.2. The van der Waals surface area contributed by atoms with Gasteiger partial charge in [-0.25, -0.2) is 0 Å². The molecule has 3 aliphatic heterocycles. The standard InChI is InChI=1S/C24H25NO2S/c26-23-20-7-3-4-8-22(20)27-24(11-13-25-14-12-24)21(23)10-9-18-16-28-15-17-5-1-2-6-19(17)18/h1-8,15-16,19,21,25H,9-14H2. The van der Waals surface area contributed by atoms with E-state index in [4.69, 9.17) is 4.74 Å². The summed E-state index contributed by atoms with van der Waals surface area (Å²) in [6.07, 6.45) is 12.3. The van der Waals surface area contributed by atoms with Crippen LogP contribution in [0.2, 0.25) is 0 Å². The van der Waals surface area contributed by atoms with E-state index in [9.17, 15) is 4.79 Å². The molecule has 0 bridgehead atoms. The summed E-state index contributed by atoms with van der Waals surface area (Å²) in [6, 6.07) is 7.77. The number of carbonyl (C=O) groups is 1. The van der Waals surface area contributed by atoms with Crippen molar-refractivity contribution in [3.8, 4) is 5.75 Å². The van der Waals surface area contributed by atoms with Crippen molar-refractivity contribution in [1.82, 2.24) is 5.32 Å². The molecular formula is C24H25NO2S. The maximum atomic E-state index is 13.5. The fourth-order valence-electron chi connectivity index (χ4n) is 4.98. The van der Waals surface area contributed by atoms with E-state index in [0.717, 1.165) is 50.1 Å². The average Bonchev–Trinajstić information content (AvgIpc) is 2.74. The molecule has 1 aromatic rings. The zero-order chi connectivity index (χ0) is 19.0. The van der Waals surface area contributed by atoms with Crippen molar-refractivity contribution in [2.45, 2.75) is 31.3 Å². The fraction of sp³-hybridized carbons (Fsp3) is 0.375. The number of hydrogen-bond donors (Lipinski definition) is 1. The molecule has 1 saturated heterocycles. The molecule has 4 heteroatoms. The highest BCUT2D eigenvalue weighted by molar-refractivity contribution is 8.05. The minimum atomic E-state index is -0.361. The number of rotatable bonds is 3. The van der Waals surface area contributed by atoms with E-state index in [-0.39, 0.29) is 17.3 Å². The van der Waals surface area contributed by atoms with Crippen LogP contribution >= 0.6 is 11.8 Å². The van der Waals surface area contributed by atoms with Crippen molar-refractivity contribution in [3.63, 3.8) is 0 Å². The second-order valence-electron chi connectivity index (χ2n) is 8.04. The number of carbonyl (C=O) groups excluding carboxylic acids is 1. The number of ether oxygens (including phenoxy) is 1. The lowest BCUT2D eigenvalue weighted by molar-refractivity contribution is -0.0233.